The quantitative estimate of drug-likeness (QED) is 0.580. The van der Waals surface area contributed by atoms with E-state index in [4.69, 9.17) is 0 Å². The van der Waals surface area contributed by atoms with Crippen LogP contribution in [0.4, 0.5) is 5.69 Å². The van der Waals surface area contributed by atoms with Crippen LogP contribution < -0.4 is 0 Å². The minimum atomic E-state index is -0.406. The summed E-state index contributed by atoms with van der Waals surface area (Å²) in [5.41, 5.74) is 0.691. The Morgan fingerprint density at radius 1 is 1.64 bits per heavy atom. The molecule has 0 fully saturated rings. The van der Waals surface area contributed by atoms with Crippen LogP contribution in [-0.2, 0) is 7.05 Å². The van der Waals surface area contributed by atoms with E-state index in [1.807, 2.05) is 0 Å². The molecule has 0 amide bonds. The molecule has 2 aromatic heterocycles. The molecule has 2 aromatic rings. The molecule has 0 saturated heterocycles. The maximum Gasteiger partial charge on any atom is 0.296 e. The highest BCUT2D eigenvalue weighted by Crippen LogP contribution is 2.27. The summed E-state index contributed by atoms with van der Waals surface area (Å²) in [5.74, 6) is 0. The lowest BCUT2D eigenvalue weighted by Gasteiger charge is -1.93. The third kappa shape index (κ3) is 1.27. The number of fused-ring (bicyclic) bond motifs is 1. The van der Waals surface area contributed by atoms with Crippen molar-refractivity contribution in [1.82, 2.24) is 9.55 Å². The van der Waals surface area contributed by atoms with Crippen molar-refractivity contribution in [2.24, 2.45) is 7.05 Å². The van der Waals surface area contributed by atoms with Gasteiger partial charge in [0.1, 0.15) is 5.65 Å². The fourth-order valence-corrected chi connectivity index (χ4v) is 1.69. The first-order chi connectivity index (χ1) is 6.59. The fraction of sp³-hybridized carbons (Fsp3) is 0.125. The minimum Gasteiger partial charge on any atom is -0.329 e. The summed E-state index contributed by atoms with van der Waals surface area (Å²) in [6.07, 6.45) is 3.08. The van der Waals surface area contributed by atoms with Gasteiger partial charge in [0.25, 0.3) is 5.69 Å². The smallest absolute Gasteiger partial charge is 0.296 e. The summed E-state index contributed by atoms with van der Waals surface area (Å²) in [4.78, 5) is 14.4. The zero-order valence-electron chi connectivity index (χ0n) is 7.27. The standard InChI is InChI=1S/C8H6BrN3O2/c1-11-4-7(12(13)14)6-2-5(9)3-10-8(6)11/h2-4H,1H3. The van der Waals surface area contributed by atoms with Gasteiger partial charge < -0.3 is 4.57 Å². The Morgan fingerprint density at radius 2 is 2.36 bits per heavy atom. The van der Waals surface area contributed by atoms with Gasteiger partial charge in [0, 0.05) is 17.7 Å². The molecule has 0 saturated carbocycles. The van der Waals surface area contributed by atoms with Crippen LogP contribution in [0.2, 0.25) is 0 Å². The Kier molecular flexibility index (Phi) is 1.99. The highest BCUT2D eigenvalue weighted by atomic mass is 79.9. The summed E-state index contributed by atoms with van der Waals surface area (Å²) < 4.78 is 2.37. The molecule has 0 atom stereocenters. The van der Waals surface area contributed by atoms with Gasteiger partial charge in [-0.2, -0.15) is 0 Å². The van der Waals surface area contributed by atoms with E-state index in [0.717, 1.165) is 4.47 Å². The number of nitrogens with zero attached hydrogens (tertiary/aromatic N) is 3. The first-order valence-electron chi connectivity index (χ1n) is 3.84. The average Bonchev–Trinajstić information content (AvgIpc) is 2.43. The Balaban J connectivity index is 2.85. The summed E-state index contributed by atoms with van der Waals surface area (Å²) in [6, 6.07) is 1.69. The molecule has 0 aliphatic rings. The zero-order chi connectivity index (χ0) is 10.3. The molecule has 0 N–H and O–H groups in total. The number of pyridine rings is 1. The van der Waals surface area contributed by atoms with Crippen molar-refractivity contribution in [1.29, 1.82) is 0 Å². The molecule has 0 aliphatic carbocycles. The molecule has 5 nitrogen and oxygen atoms in total. The predicted octanol–water partition coefficient (Wildman–Crippen LogP) is 2.24. The van der Waals surface area contributed by atoms with Crippen LogP contribution in [0.25, 0.3) is 11.0 Å². The van der Waals surface area contributed by atoms with Crippen LogP contribution in [0.15, 0.2) is 22.9 Å². The second-order valence-corrected chi connectivity index (χ2v) is 3.82. The Morgan fingerprint density at radius 3 is 3.00 bits per heavy atom. The molecule has 0 spiro atoms. The van der Waals surface area contributed by atoms with E-state index < -0.39 is 4.92 Å². The maximum absolute atomic E-state index is 10.7. The number of nitro groups is 1. The number of aromatic nitrogens is 2. The maximum atomic E-state index is 10.7. The molecule has 0 unspecified atom stereocenters. The lowest BCUT2D eigenvalue weighted by Crippen LogP contribution is -1.86. The SMILES string of the molecule is Cn1cc([N+](=O)[O-])c2cc(Br)cnc21. The summed E-state index contributed by atoms with van der Waals surface area (Å²) in [5, 5.41) is 11.2. The van der Waals surface area contributed by atoms with Crippen LogP contribution in [0, 0.1) is 10.1 Å². The number of rotatable bonds is 1. The molecule has 14 heavy (non-hydrogen) atoms. The molecule has 0 aliphatic heterocycles. The number of hydrogen-bond donors (Lipinski definition) is 0. The summed E-state index contributed by atoms with van der Waals surface area (Å²) in [6.45, 7) is 0. The van der Waals surface area contributed by atoms with E-state index in [2.05, 4.69) is 20.9 Å². The van der Waals surface area contributed by atoms with Crippen molar-refractivity contribution in [2.75, 3.05) is 0 Å². The molecule has 2 rings (SSSR count). The van der Waals surface area contributed by atoms with E-state index in [-0.39, 0.29) is 5.69 Å². The molecular weight excluding hydrogens is 250 g/mol. The molecule has 72 valence electrons. The van der Waals surface area contributed by atoms with Gasteiger partial charge in [0.15, 0.2) is 0 Å². The van der Waals surface area contributed by atoms with Crippen molar-refractivity contribution in [3.05, 3.63) is 33.0 Å². The summed E-state index contributed by atoms with van der Waals surface area (Å²) in [7, 11) is 1.73. The topological polar surface area (TPSA) is 61.0 Å². The fourth-order valence-electron chi connectivity index (χ4n) is 1.36. The van der Waals surface area contributed by atoms with Gasteiger partial charge in [-0.3, -0.25) is 10.1 Å². The van der Waals surface area contributed by atoms with E-state index in [0.29, 0.717) is 11.0 Å². The van der Waals surface area contributed by atoms with Crippen molar-refractivity contribution in [2.45, 2.75) is 0 Å². The first kappa shape index (κ1) is 9.14. The van der Waals surface area contributed by atoms with E-state index in [1.165, 1.54) is 6.20 Å². The van der Waals surface area contributed by atoms with E-state index >= 15 is 0 Å². The van der Waals surface area contributed by atoms with Gasteiger partial charge in [0.05, 0.1) is 16.5 Å². The van der Waals surface area contributed by atoms with Crippen LogP contribution in [0.5, 0.6) is 0 Å². The van der Waals surface area contributed by atoms with Gasteiger partial charge >= 0.3 is 0 Å². The third-order valence-corrected chi connectivity index (χ3v) is 2.39. The highest BCUT2D eigenvalue weighted by molar-refractivity contribution is 9.10. The van der Waals surface area contributed by atoms with Gasteiger partial charge in [-0.15, -0.1) is 0 Å². The lowest BCUT2D eigenvalue weighted by atomic mass is 10.3. The van der Waals surface area contributed by atoms with E-state index in [1.54, 1.807) is 23.9 Å². The van der Waals surface area contributed by atoms with Crippen molar-refractivity contribution >= 4 is 32.7 Å². The Labute approximate surface area is 87.6 Å². The van der Waals surface area contributed by atoms with Crippen molar-refractivity contribution in [3.8, 4) is 0 Å². The Hall–Kier alpha value is -1.43. The predicted molar refractivity (Wildman–Crippen MR) is 55.1 cm³/mol. The second kappa shape index (κ2) is 3.06. The third-order valence-electron chi connectivity index (χ3n) is 1.96. The average molecular weight is 256 g/mol. The molecule has 2 heterocycles. The van der Waals surface area contributed by atoms with Gasteiger partial charge in [-0.25, -0.2) is 4.98 Å². The normalized spacial score (nSPS) is 10.7. The molecule has 0 bridgehead atoms. The van der Waals surface area contributed by atoms with Crippen molar-refractivity contribution in [3.63, 3.8) is 0 Å². The monoisotopic (exact) mass is 255 g/mol. The van der Waals surface area contributed by atoms with Crippen LogP contribution in [-0.4, -0.2) is 14.5 Å². The van der Waals surface area contributed by atoms with Crippen LogP contribution in [0.1, 0.15) is 0 Å². The molecular formula is C8H6BrN3O2. The van der Waals surface area contributed by atoms with E-state index in [9.17, 15) is 10.1 Å². The second-order valence-electron chi connectivity index (χ2n) is 2.91. The number of halogens is 1. The van der Waals surface area contributed by atoms with Gasteiger partial charge in [-0.1, -0.05) is 0 Å². The zero-order valence-corrected chi connectivity index (χ0v) is 8.85. The van der Waals surface area contributed by atoms with Gasteiger partial charge in [0.2, 0.25) is 0 Å². The first-order valence-corrected chi connectivity index (χ1v) is 4.64. The van der Waals surface area contributed by atoms with Crippen molar-refractivity contribution < 1.29 is 4.92 Å². The van der Waals surface area contributed by atoms with Crippen LogP contribution in [0.3, 0.4) is 0 Å². The van der Waals surface area contributed by atoms with Crippen LogP contribution >= 0.6 is 15.9 Å². The van der Waals surface area contributed by atoms with Gasteiger partial charge in [-0.05, 0) is 22.0 Å². The molecule has 0 aromatic carbocycles. The largest absolute Gasteiger partial charge is 0.329 e. The molecule has 6 heteroatoms. The highest BCUT2D eigenvalue weighted by Gasteiger charge is 2.16. The summed E-state index contributed by atoms with van der Waals surface area (Å²) >= 11 is 3.23. The minimum absolute atomic E-state index is 0.0799. The molecule has 0 radical (unpaired) electrons. The lowest BCUT2D eigenvalue weighted by molar-refractivity contribution is -0.383. The number of hydrogen-bond acceptors (Lipinski definition) is 3. The number of aryl methyl sites for hydroxylation is 1. The Bertz CT molecular complexity index is 521.